The van der Waals surface area contributed by atoms with Crippen LogP contribution in [0.1, 0.15) is 31.4 Å². The normalized spacial score (nSPS) is 10.5. The van der Waals surface area contributed by atoms with Gasteiger partial charge < -0.3 is 10.2 Å². The Hall–Kier alpha value is -1.02. The number of nitrogens with one attached hydrogen (secondary N) is 1. The fourth-order valence-corrected chi connectivity index (χ4v) is 1.84. The van der Waals surface area contributed by atoms with E-state index in [-0.39, 0.29) is 0 Å². The Bertz CT molecular complexity index is 321. The first-order valence-corrected chi connectivity index (χ1v) is 6.20. The van der Waals surface area contributed by atoms with E-state index in [2.05, 4.69) is 56.2 Å². The Morgan fingerprint density at radius 1 is 1.25 bits per heavy atom. The molecule has 2 heteroatoms. The van der Waals surface area contributed by atoms with Crippen LogP contribution in [0.3, 0.4) is 0 Å². The van der Waals surface area contributed by atoms with Crippen molar-refractivity contribution in [1.82, 2.24) is 5.32 Å². The topological polar surface area (TPSA) is 15.3 Å². The maximum Gasteiger partial charge on any atom is 0.0393 e. The Kier molecular flexibility index (Phi) is 5.33. The van der Waals surface area contributed by atoms with E-state index in [1.807, 2.05) is 0 Å². The van der Waals surface area contributed by atoms with Crippen LogP contribution < -0.4 is 10.2 Å². The van der Waals surface area contributed by atoms with Crippen LogP contribution in [-0.4, -0.2) is 20.1 Å². The molecule has 0 heterocycles. The van der Waals surface area contributed by atoms with Gasteiger partial charge in [-0.15, -0.1) is 0 Å². The summed E-state index contributed by atoms with van der Waals surface area (Å²) < 4.78 is 0. The lowest BCUT2D eigenvalue weighted by atomic mass is 10.1. The van der Waals surface area contributed by atoms with Crippen LogP contribution in [0.25, 0.3) is 0 Å². The van der Waals surface area contributed by atoms with Crippen molar-refractivity contribution in [2.75, 3.05) is 25.0 Å². The molecule has 0 saturated carbocycles. The molecule has 0 aliphatic heterocycles. The first-order valence-electron chi connectivity index (χ1n) is 6.20. The summed E-state index contributed by atoms with van der Waals surface area (Å²) in [5.41, 5.74) is 4.07. The lowest BCUT2D eigenvalue weighted by Gasteiger charge is -2.20. The van der Waals surface area contributed by atoms with Gasteiger partial charge in [0.25, 0.3) is 0 Å². The van der Waals surface area contributed by atoms with E-state index < -0.39 is 0 Å². The standard InChI is InChI=1S/C14H24N2/c1-5-9-15-11-13-7-8-14(12(3)10-13)16(4)6-2/h7-8,10,15H,5-6,9,11H2,1-4H3. The van der Waals surface area contributed by atoms with E-state index in [9.17, 15) is 0 Å². The van der Waals surface area contributed by atoms with Crippen LogP contribution >= 0.6 is 0 Å². The predicted octanol–water partition coefficient (Wildman–Crippen LogP) is 2.95. The molecule has 0 saturated heterocycles. The number of rotatable bonds is 6. The third-order valence-electron chi connectivity index (χ3n) is 2.90. The molecule has 0 amide bonds. The highest BCUT2D eigenvalue weighted by molar-refractivity contribution is 5.53. The van der Waals surface area contributed by atoms with E-state index in [4.69, 9.17) is 0 Å². The summed E-state index contributed by atoms with van der Waals surface area (Å²) in [5.74, 6) is 0. The minimum atomic E-state index is 0.977. The Morgan fingerprint density at radius 2 is 2.00 bits per heavy atom. The van der Waals surface area contributed by atoms with Gasteiger partial charge in [-0.1, -0.05) is 19.1 Å². The second kappa shape index (κ2) is 6.54. The second-order valence-electron chi connectivity index (χ2n) is 4.31. The Balaban J connectivity index is 2.67. The zero-order chi connectivity index (χ0) is 12.0. The van der Waals surface area contributed by atoms with Crippen LogP contribution in [0, 0.1) is 6.92 Å². The predicted molar refractivity (Wildman–Crippen MR) is 72.1 cm³/mol. The van der Waals surface area contributed by atoms with Crippen LogP contribution in [0.15, 0.2) is 18.2 Å². The largest absolute Gasteiger partial charge is 0.375 e. The van der Waals surface area contributed by atoms with Crippen molar-refractivity contribution in [2.45, 2.75) is 33.7 Å². The lowest BCUT2D eigenvalue weighted by molar-refractivity contribution is 0.675. The highest BCUT2D eigenvalue weighted by Gasteiger charge is 2.03. The van der Waals surface area contributed by atoms with Crippen molar-refractivity contribution in [2.24, 2.45) is 0 Å². The van der Waals surface area contributed by atoms with Crippen LogP contribution in [0.5, 0.6) is 0 Å². The monoisotopic (exact) mass is 220 g/mol. The molecule has 1 aromatic rings. The number of anilines is 1. The number of hydrogen-bond acceptors (Lipinski definition) is 2. The molecule has 0 fully saturated rings. The quantitative estimate of drug-likeness (QED) is 0.742. The number of hydrogen-bond donors (Lipinski definition) is 1. The third kappa shape index (κ3) is 3.53. The second-order valence-corrected chi connectivity index (χ2v) is 4.31. The molecule has 0 unspecified atom stereocenters. The average Bonchev–Trinajstić information content (AvgIpc) is 2.29. The molecule has 90 valence electrons. The molecule has 0 aromatic heterocycles. The van der Waals surface area contributed by atoms with Gasteiger partial charge in [0.15, 0.2) is 0 Å². The van der Waals surface area contributed by atoms with Crippen molar-refractivity contribution in [3.63, 3.8) is 0 Å². The van der Waals surface area contributed by atoms with Crippen LogP contribution in [0.4, 0.5) is 5.69 Å². The van der Waals surface area contributed by atoms with Crippen molar-refractivity contribution in [1.29, 1.82) is 0 Å². The molecule has 0 spiro atoms. The first-order chi connectivity index (χ1) is 7.69. The van der Waals surface area contributed by atoms with Crippen LogP contribution in [0.2, 0.25) is 0 Å². The van der Waals surface area contributed by atoms with Crippen LogP contribution in [-0.2, 0) is 6.54 Å². The molecule has 16 heavy (non-hydrogen) atoms. The van der Waals surface area contributed by atoms with Gasteiger partial charge in [0.05, 0.1) is 0 Å². The molecule has 0 radical (unpaired) electrons. The van der Waals surface area contributed by atoms with Gasteiger partial charge in [-0.25, -0.2) is 0 Å². The number of nitrogens with zero attached hydrogens (tertiary/aromatic N) is 1. The highest BCUT2D eigenvalue weighted by atomic mass is 15.1. The molecule has 1 rings (SSSR count). The van der Waals surface area contributed by atoms with Crippen molar-refractivity contribution < 1.29 is 0 Å². The van der Waals surface area contributed by atoms with E-state index in [0.717, 1.165) is 19.6 Å². The molecular formula is C14H24N2. The summed E-state index contributed by atoms with van der Waals surface area (Å²) >= 11 is 0. The van der Waals surface area contributed by atoms with Gasteiger partial charge in [0.1, 0.15) is 0 Å². The summed E-state index contributed by atoms with van der Waals surface area (Å²) in [5, 5.41) is 3.43. The van der Waals surface area contributed by atoms with Gasteiger partial charge in [-0.3, -0.25) is 0 Å². The summed E-state index contributed by atoms with van der Waals surface area (Å²) in [6.07, 6.45) is 1.19. The molecule has 0 bridgehead atoms. The van der Waals surface area contributed by atoms with Gasteiger partial charge in [0.2, 0.25) is 0 Å². The Morgan fingerprint density at radius 3 is 2.56 bits per heavy atom. The zero-order valence-electron chi connectivity index (χ0n) is 11.0. The summed E-state index contributed by atoms with van der Waals surface area (Å²) in [4.78, 5) is 2.28. The maximum atomic E-state index is 3.43. The fourth-order valence-electron chi connectivity index (χ4n) is 1.84. The summed E-state index contributed by atoms with van der Waals surface area (Å²) in [6.45, 7) is 9.67. The Labute approximate surface area is 99.7 Å². The number of benzene rings is 1. The van der Waals surface area contributed by atoms with Gasteiger partial charge >= 0.3 is 0 Å². The minimum absolute atomic E-state index is 0.977. The van der Waals surface area contributed by atoms with Gasteiger partial charge in [-0.05, 0) is 44.0 Å². The van der Waals surface area contributed by atoms with Gasteiger partial charge in [-0.2, -0.15) is 0 Å². The SMILES string of the molecule is CCCNCc1ccc(N(C)CC)c(C)c1. The molecular weight excluding hydrogens is 196 g/mol. The van der Waals surface area contributed by atoms with Crippen molar-refractivity contribution in [3.8, 4) is 0 Å². The van der Waals surface area contributed by atoms with E-state index in [1.165, 1.54) is 23.2 Å². The zero-order valence-corrected chi connectivity index (χ0v) is 11.0. The van der Waals surface area contributed by atoms with E-state index >= 15 is 0 Å². The van der Waals surface area contributed by atoms with Crippen molar-refractivity contribution in [3.05, 3.63) is 29.3 Å². The average molecular weight is 220 g/mol. The molecule has 1 N–H and O–H groups in total. The highest BCUT2D eigenvalue weighted by Crippen LogP contribution is 2.19. The summed E-state index contributed by atoms with van der Waals surface area (Å²) in [7, 11) is 2.14. The lowest BCUT2D eigenvalue weighted by Crippen LogP contribution is -2.18. The maximum absolute atomic E-state index is 3.43. The molecule has 0 aliphatic carbocycles. The fraction of sp³-hybridized carbons (Fsp3) is 0.571. The summed E-state index contributed by atoms with van der Waals surface area (Å²) in [6, 6.07) is 6.73. The number of aryl methyl sites for hydroxylation is 1. The molecule has 0 aliphatic rings. The van der Waals surface area contributed by atoms with Gasteiger partial charge in [0, 0.05) is 25.8 Å². The van der Waals surface area contributed by atoms with Crippen molar-refractivity contribution >= 4 is 5.69 Å². The molecule has 0 atom stereocenters. The molecule has 1 aromatic carbocycles. The minimum Gasteiger partial charge on any atom is -0.375 e. The molecule has 2 nitrogen and oxygen atoms in total. The third-order valence-corrected chi connectivity index (χ3v) is 2.90. The van der Waals surface area contributed by atoms with E-state index in [1.54, 1.807) is 0 Å². The first kappa shape index (κ1) is 13.0. The van der Waals surface area contributed by atoms with E-state index in [0.29, 0.717) is 0 Å². The smallest absolute Gasteiger partial charge is 0.0393 e.